The van der Waals surface area contributed by atoms with Crippen LogP contribution in [0, 0.1) is 0 Å². The molecule has 1 saturated carbocycles. The van der Waals surface area contributed by atoms with E-state index in [1.807, 2.05) is 13.2 Å². The number of carbonyl (C=O) groups excluding carboxylic acids is 1. The number of aryl methyl sites for hydroxylation is 1. The number of ether oxygens (including phenoxy) is 1. The molecule has 2 aromatic rings. The molecule has 3 N–H and O–H groups in total. The van der Waals surface area contributed by atoms with E-state index in [4.69, 9.17) is 10.5 Å². The second-order valence-corrected chi connectivity index (χ2v) is 6.79. The fourth-order valence-corrected chi connectivity index (χ4v) is 3.82. The maximum absolute atomic E-state index is 11.3. The third-order valence-corrected chi connectivity index (χ3v) is 4.94. The average molecular weight is 345 g/mol. The molecule has 3 heterocycles. The normalized spacial score (nSPS) is 26.4. The Morgan fingerprint density at radius 3 is 3.12 bits per heavy atom. The summed E-state index contributed by atoms with van der Waals surface area (Å²) in [6.07, 6.45) is 6.88. The zero-order chi connectivity index (χ0) is 17.4. The van der Waals surface area contributed by atoms with Gasteiger partial charge in [-0.2, -0.15) is 10.2 Å². The van der Waals surface area contributed by atoms with Gasteiger partial charge in [-0.3, -0.25) is 9.48 Å². The molecule has 2 fully saturated rings. The summed E-state index contributed by atoms with van der Waals surface area (Å²) in [7, 11) is 1.86. The number of carbonyl (C=O) groups is 1. The van der Waals surface area contributed by atoms with Crippen molar-refractivity contribution in [1.82, 2.24) is 29.9 Å². The number of nitrogens with two attached hydrogens (primary N) is 1. The van der Waals surface area contributed by atoms with E-state index in [-0.39, 0.29) is 18.4 Å². The van der Waals surface area contributed by atoms with Crippen molar-refractivity contribution in [1.29, 1.82) is 0 Å². The van der Waals surface area contributed by atoms with Gasteiger partial charge in [-0.15, -0.1) is 0 Å². The Labute approximate surface area is 145 Å². The maximum atomic E-state index is 11.3. The van der Waals surface area contributed by atoms with Gasteiger partial charge in [-0.25, -0.2) is 9.67 Å². The standard InChI is InChI=1S/C16H23N7O2/c1-22-9-11(8-19-22)23-16(20-15(21-23)7-14(17)24)10-2-3-13-12(6-10)18-4-5-25-13/h8-10,12-13,18H,2-7H2,1H3,(H2,17,24)/t10-,12+,13+/m0/s1. The van der Waals surface area contributed by atoms with Gasteiger partial charge in [0, 0.05) is 25.6 Å². The lowest BCUT2D eigenvalue weighted by molar-refractivity contribution is -0.117. The summed E-state index contributed by atoms with van der Waals surface area (Å²) in [6.45, 7) is 1.66. The van der Waals surface area contributed by atoms with Gasteiger partial charge in [0.1, 0.15) is 11.5 Å². The highest BCUT2D eigenvalue weighted by molar-refractivity contribution is 5.75. The number of hydrogen-bond donors (Lipinski definition) is 2. The van der Waals surface area contributed by atoms with E-state index in [9.17, 15) is 4.79 Å². The first-order chi connectivity index (χ1) is 12.1. The molecule has 4 rings (SSSR count). The lowest BCUT2D eigenvalue weighted by Crippen LogP contribution is -2.51. The number of nitrogens with zero attached hydrogens (tertiary/aromatic N) is 5. The number of primary amides is 1. The molecule has 134 valence electrons. The van der Waals surface area contributed by atoms with Crippen molar-refractivity contribution in [2.24, 2.45) is 12.8 Å². The summed E-state index contributed by atoms with van der Waals surface area (Å²) in [5, 5.41) is 12.3. The molecule has 0 radical (unpaired) electrons. The molecular weight excluding hydrogens is 322 g/mol. The molecule has 3 atom stereocenters. The number of morpholine rings is 1. The first kappa shape index (κ1) is 16.2. The zero-order valence-electron chi connectivity index (χ0n) is 14.3. The van der Waals surface area contributed by atoms with E-state index in [0.29, 0.717) is 11.9 Å². The Balaban J connectivity index is 1.65. The van der Waals surface area contributed by atoms with Crippen molar-refractivity contribution >= 4 is 5.91 Å². The summed E-state index contributed by atoms with van der Waals surface area (Å²) < 4.78 is 9.39. The van der Waals surface area contributed by atoms with Gasteiger partial charge in [-0.05, 0) is 19.3 Å². The van der Waals surface area contributed by atoms with Gasteiger partial charge in [0.25, 0.3) is 0 Å². The van der Waals surface area contributed by atoms with Gasteiger partial charge in [0.15, 0.2) is 5.82 Å². The highest BCUT2D eigenvalue weighted by Crippen LogP contribution is 2.35. The second-order valence-electron chi connectivity index (χ2n) is 6.79. The van der Waals surface area contributed by atoms with Gasteiger partial charge in [0.2, 0.25) is 5.91 Å². The number of nitrogens with one attached hydrogen (secondary N) is 1. The van der Waals surface area contributed by atoms with Crippen LogP contribution in [-0.4, -0.2) is 55.7 Å². The predicted molar refractivity (Wildman–Crippen MR) is 89.1 cm³/mol. The van der Waals surface area contributed by atoms with Crippen LogP contribution in [0.15, 0.2) is 12.4 Å². The smallest absolute Gasteiger partial charge is 0.225 e. The molecule has 0 spiro atoms. The Hall–Kier alpha value is -2.26. The molecule has 1 amide bonds. The second kappa shape index (κ2) is 6.57. The molecule has 2 aliphatic rings. The summed E-state index contributed by atoms with van der Waals surface area (Å²) >= 11 is 0. The minimum Gasteiger partial charge on any atom is -0.375 e. The van der Waals surface area contributed by atoms with Crippen molar-refractivity contribution in [3.63, 3.8) is 0 Å². The van der Waals surface area contributed by atoms with E-state index in [1.54, 1.807) is 15.6 Å². The quantitative estimate of drug-likeness (QED) is 0.783. The molecule has 0 aromatic carbocycles. The Morgan fingerprint density at radius 1 is 1.48 bits per heavy atom. The third kappa shape index (κ3) is 3.29. The van der Waals surface area contributed by atoms with Crippen LogP contribution in [-0.2, 0) is 23.0 Å². The van der Waals surface area contributed by atoms with E-state index in [2.05, 4.69) is 20.5 Å². The minimum absolute atomic E-state index is 0.0421. The van der Waals surface area contributed by atoms with E-state index in [0.717, 1.165) is 43.9 Å². The van der Waals surface area contributed by atoms with Gasteiger partial charge in [-0.1, -0.05) is 0 Å². The van der Waals surface area contributed by atoms with Gasteiger partial charge in [0.05, 0.1) is 31.5 Å². The highest BCUT2D eigenvalue weighted by atomic mass is 16.5. The summed E-state index contributed by atoms with van der Waals surface area (Å²) in [5.41, 5.74) is 6.16. The SMILES string of the molecule is Cn1cc(-n2nc(CC(N)=O)nc2[C@H]2CC[C@H]3OCCN[C@@H]3C2)cn1. The lowest BCUT2D eigenvalue weighted by Gasteiger charge is -2.39. The molecule has 1 aliphatic carbocycles. The molecular formula is C16H23N7O2. The molecule has 9 heteroatoms. The van der Waals surface area contributed by atoms with Crippen LogP contribution < -0.4 is 11.1 Å². The largest absolute Gasteiger partial charge is 0.375 e. The first-order valence-corrected chi connectivity index (χ1v) is 8.68. The van der Waals surface area contributed by atoms with Crippen molar-refractivity contribution in [3.8, 4) is 5.69 Å². The fourth-order valence-electron chi connectivity index (χ4n) is 3.82. The van der Waals surface area contributed by atoms with E-state index >= 15 is 0 Å². The molecule has 1 saturated heterocycles. The van der Waals surface area contributed by atoms with Crippen molar-refractivity contribution < 1.29 is 9.53 Å². The fraction of sp³-hybridized carbons (Fsp3) is 0.625. The zero-order valence-corrected chi connectivity index (χ0v) is 14.3. The predicted octanol–water partition coefficient (Wildman–Crippen LogP) is -0.347. The number of aromatic nitrogens is 5. The van der Waals surface area contributed by atoms with Crippen LogP contribution in [0.25, 0.3) is 5.69 Å². The molecule has 0 unspecified atom stereocenters. The van der Waals surface area contributed by atoms with Gasteiger partial charge < -0.3 is 15.8 Å². The van der Waals surface area contributed by atoms with Crippen LogP contribution in [0.1, 0.15) is 36.8 Å². The Kier molecular flexibility index (Phi) is 4.26. The van der Waals surface area contributed by atoms with Crippen LogP contribution in [0.2, 0.25) is 0 Å². The molecule has 2 aromatic heterocycles. The molecule has 0 bridgehead atoms. The van der Waals surface area contributed by atoms with E-state index in [1.165, 1.54) is 0 Å². The summed E-state index contributed by atoms with van der Waals surface area (Å²) in [6, 6.07) is 0.339. The minimum atomic E-state index is -0.430. The van der Waals surface area contributed by atoms with Crippen LogP contribution in [0.5, 0.6) is 0 Å². The molecule has 9 nitrogen and oxygen atoms in total. The Bertz CT molecular complexity index is 768. The van der Waals surface area contributed by atoms with Crippen LogP contribution in [0.3, 0.4) is 0 Å². The summed E-state index contributed by atoms with van der Waals surface area (Å²) in [5.74, 6) is 1.15. The topological polar surface area (TPSA) is 113 Å². The monoisotopic (exact) mass is 345 g/mol. The van der Waals surface area contributed by atoms with Crippen molar-refractivity contribution in [2.45, 2.75) is 43.7 Å². The lowest BCUT2D eigenvalue weighted by atomic mass is 9.82. The number of rotatable bonds is 4. The molecule has 25 heavy (non-hydrogen) atoms. The maximum Gasteiger partial charge on any atom is 0.225 e. The van der Waals surface area contributed by atoms with Crippen LogP contribution in [0.4, 0.5) is 0 Å². The first-order valence-electron chi connectivity index (χ1n) is 8.68. The molecule has 1 aliphatic heterocycles. The summed E-state index contributed by atoms with van der Waals surface area (Å²) in [4.78, 5) is 15.9. The van der Waals surface area contributed by atoms with E-state index < -0.39 is 5.91 Å². The van der Waals surface area contributed by atoms with Crippen molar-refractivity contribution in [3.05, 3.63) is 24.0 Å². The number of amides is 1. The third-order valence-electron chi connectivity index (χ3n) is 4.94. The Morgan fingerprint density at radius 2 is 2.36 bits per heavy atom. The highest BCUT2D eigenvalue weighted by Gasteiger charge is 2.36. The van der Waals surface area contributed by atoms with Crippen LogP contribution >= 0.6 is 0 Å². The number of hydrogen-bond acceptors (Lipinski definition) is 6. The van der Waals surface area contributed by atoms with Gasteiger partial charge >= 0.3 is 0 Å². The average Bonchev–Trinajstić information content (AvgIpc) is 3.20. The van der Waals surface area contributed by atoms with Crippen molar-refractivity contribution in [2.75, 3.05) is 13.2 Å². The number of fused-ring (bicyclic) bond motifs is 1.